The van der Waals surface area contributed by atoms with Gasteiger partial charge in [-0.15, -0.1) is 5.10 Å². The quantitative estimate of drug-likeness (QED) is 0.846. The Balaban J connectivity index is 2.20. The average Bonchev–Trinajstić information content (AvgIpc) is 2.27. The van der Waals surface area contributed by atoms with Crippen molar-refractivity contribution in [2.45, 2.75) is 6.42 Å². The molecule has 0 N–H and O–H groups in total. The molecule has 1 aromatic carbocycles. The normalized spacial score (nSPS) is 10.4. The van der Waals surface area contributed by atoms with E-state index >= 15 is 0 Å². The molecule has 16 heavy (non-hydrogen) atoms. The van der Waals surface area contributed by atoms with Crippen LogP contribution >= 0.6 is 27.5 Å². The van der Waals surface area contributed by atoms with E-state index < -0.39 is 0 Å². The minimum absolute atomic E-state index is 0.243. The Hall–Kier alpha value is -1.00. The third-order valence-corrected chi connectivity index (χ3v) is 3.17. The van der Waals surface area contributed by atoms with Gasteiger partial charge < -0.3 is 0 Å². The second-order valence-corrected chi connectivity index (χ2v) is 4.49. The third kappa shape index (κ3) is 2.77. The minimum atomic E-state index is -0.243. The molecule has 2 rings (SSSR count). The second kappa shape index (κ2) is 4.89. The van der Waals surface area contributed by atoms with Crippen LogP contribution in [0.15, 0.2) is 34.8 Å². The Morgan fingerprint density at radius 3 is 2.50 bits per heavy atom. The Morgan fingerprint density at radius 2 is 1.88 bits per heavy atom. The Labute approximate surface area is 106 Å². The van der Waals surface area contributed by atoms with Gasteiger partial charge in [-0.2, -0.15) is 5.10 Å². The van der Waals surface area contributed by atoms with E-state index in [1.807, 2.05) is 0 Å². The van der Waals surface area contributed by atoms with E-state index in [1.165, 1.54) is 12.1 Å². The summed E-state index contributed by atoms with van der Waals surface area (Å²) in [4.78, 5) is 0. The van der Waals surface area contributed by atoms with Crippen molar-refractivity contribution < 1.29 is 4.39 Å². The van der Waals surface area contributed by atoms with Gasteiger partial charge in [0.15, 0.2) is 5.15 Å². The predicted octanol–water partition coefficient (Wildman–Crippen LogP) is 3.62. The van der Waals surface area contributed by atoms with Crippen LogP contribution in [-0.4, -0.2) is 10.2 Å². The van der Waals surface area contributed by atoms with Crippen molar-refractivity contribution in [1.29, 1.82) is 0 Å². The van der Waals surface area contributed by atoms with Gasteiger partial charge in [-0.25, -0.2) is 4.39 Å². The van der Waals surface area contributed by atoms with Gasteiger partial charge in [0, 0.05) is 6.42 Å². The highest BCUT2D eigenvalue weighted by Gasteiger charge is 2.03. The fourth-order valence-corrected chi connectivity index (χ4v) is 1.72. The van der Waals surface area contributed by atoms with Crippen LogP contribution in [0.2, 0.25) is 5.15 Å². The molecule has 2 nitrogen and oxygen atoms in total. The molecule has 82 valence electrons. The molecule has 0 aliphatic carbocycles. The van der Waals surface area contributed by atoms with Gasteiger partial charge >= 0.3 is 0 Å². The van der Waals surface area contributed by atoms with E-state index in [0.717, 1.165) is 11.3 Å². The van der Waals surface area contributed by atoms with Crippen molar-refractivity contribution in [1.82, 2.24) is 10.2 Å². The number of benzene rings is 1. The summed E-state index contributed by atoms with van der Waals surface area (Å²) >= 11 is 9.01. The van der Waals surface area contributed by atoms with Gasteiger partial charge in [-0.1, -0.05) is 23.7 Å². The van der Waals surface area contributed by atoms with E-state index in [-0.39, 0.29) is 5.82 Å². The maximum absolute atomic E-state index is 12.7. The molecule has 1 heterocycles. The summed E-state index contributed by atoms with van der Waals surface area (Å²) in [6.45, 7) is 0. The smallest absolute Gasteiger partial charge is 0.165 e. The fraction of sp³-hybridized carbons (Fsp3) is 0.0909. The first kappa shape index (κ1) is 11.5. The molecule has 0 amide bonds. The Bertz CT molecular complexity index is 502. The largest absolute Gasteiger partial charge is 0.207 e. The minimum Gasteiger partial charge on any atom is -0.207 e. The summed E-state index contributed by atoms with van der Waals surface area (Å²) in [5, 5.41) is 8.07. The van der Waals surface area contributed by atoms with E-state index in [9.17, 15) is 4.39 Å². The van der Waals surface area contributed by atoms with Gasteiger partial charge in [0.1, 0.15) is 5.82 Å². The van der Waals surface area contributed by atoms with Crippen molar-refractivity contribution in [3.8, 4) is 0 Å². The second-order valence-electron chi connectivity index (χ2n) is 3.28. The monoisotopic (exact) mass is 300 g/mol. The molecular weight excluding hydrogens is 294 g/mol. The lowest BCUT2D eigenvalue weighted by atomic mass is 10.1. The van der Waals surface area contributed by atoms with E-state index in [4.69, 9.17) is 11.6 Å². The Morgan fingerprint density at radius 1 is 1.19 bits per heavy atom. The van der Waals surface area contributed by atoms with Crippen LogP contribution in [0.25, 0.3) is 0 Å². The summed E-state index contributed by atoms with van der Waals surface area (Å²) in [5.74, 6) is -0.243. The highest BCUT2D eigenvalue weighted by atomic mass is 79.9. The van der Waals surface area contributed by atoms with Gasteiger partial charge in [0.2, 0.25) is 0 Å². The highest BCUT2D eigenvalue weighted by molar-refractivity contribution is 9.10. The molecule has 0 radical (unpaired) electrons. The van der Waals surface area contributed by atoms with Crippen LogP contribution in [0.1, 0.15) is 11.3 Å². The zero-order valence-electron chi connectivity index (χ0n) is 8.12. The van der Waals surface area contributed by atoms with Gasteiger partial charge in [-0.05, 0) is 39.7 Å². The molecule has 2 aromatic rings. The Kier molecular flexibility index (Phi) is 3.51. The third-order valence-electron chi connectivity index (χ3n) is 2.06. The molecule has 0 saturated carbocycles. The number of halogens is 3. The number of nitrogens with zero attached hydrogens (tertiary/aromatic N) is 2. The maximum atomic E-state index is 12.7. The molecule has 5 heteroatoms. The molecule has 0 atom stereocenters. The van der Waals surface area contributed by atoms with E-state index in [2.05, 4.69) is 26.1 Å². The number of rotatable bonds is 2. The number of hydrogen-bond acceptors (Lipinski definition) is 2. The van der Waals surface area contributed by atoms with Crippen LogP contribution in [-0.2, 0) is 6.42 Å². The average molecular weight is 302 g/mol. The molecule has 0 aliphatic rings. The number of hydrogen-bond donors (Lipinski definition) is 0. The molecule has 0 bridgehead atoms. The standard InChI is InChI=1S/C11H7BrClFN2/c12-10-6-9(15-16-11(10)13)5-7-1-3-8(14)4-2-7/h1-4,6H,5H2. The molecule has 0 fully saturated rings. The van der Waals surface area contributed by atoms with Crippen molar-refractivity contribution in [3.05, 3.63) is 57.0 Å². The van der Waals surface area contributed by atoms with Gasteiger partial charge in [-0.3, -0.25) is 0 Å². The molecule has 1 aromatic heterocycles. The molecule has 0 spiro atoms. The van der Waals surface area contributed by atoms with Crippen molar-refractivity contribution in [3.63, 3.8) is 0 Å². The summed E-state index contributed by atoms with van der Waals surface area (Å²) in [6, 6.07) is 8.10. The van der Waals surface area contributed by atoms with Gasteiger partial charge in [0.05, 0.1) is 10.2 Å². The van der Waals surface area contributed by atoms with Crippen molar-refractivity contribution in [2.24, 2.45) is 0 Å². The van der Waals surface area contributed by atoms with Crippen LogP contribution in [0, 0.1) is 5.82 Å². The number of aromatic nitrogens is 2. The van der Waals surface area contributed by atoms with Crippen LogP contribution in [0.3, 0.4) is 0 Å². The molecular formula is C11H7BrClFN2. The molecule has 0 unspecified atom stereocenters. The van der Waals surface area contributed by atoms with Crippen LogP contribution < -0.4 is 0 Å². The van der Waals surface area contributed by atoms with Crippen LogP contribution in [0.4, 0.5) is 4.39 Å². The summed E-state index contributed by atoms with van der Waals surface area (Å²) in [5.41, 5.74) is 1.76. The zero-order valence-corrected chi connectivity index (χ0v) is 10.5. The maximum Gasteiger partial charge on any atom is 0.165 e. The van der Waals surface area contributed by atoms with Crippen molar-refractivity contribution in [2.75, 3.05) is 0 Å². The lowest BCUT2D eigenvalue weighted by molar-refractivity contribution is 0.627. The summed E-state index contributed by atoms with van der Waals surface area (Å²) < 4.78 is 13.4. The summed E-state index contributed by atoms with van der Waals surface area (Å²) in [7, 11) is 0. The topological polar surface area (TPSA) is 25.8 Å². The highest BCUT2D eigenvalue weighted by Crippen LogP contribution is 2.20. The fourth-order valence-electron chi connectivity index (χ4n) is 1.29. The van der Waals surface area contributed by atoms with Crippen molar-refractivity contribution >= 4 is 27.5 Å². The lowest BCUT2D eigenvalue weighted by Gasteiger charge is -2.01. The first-order valence-electron chi connectivity index (χ1n) is 4.57. The van der Waals surface area contributed by atoms with E-state index in [0.29, 0.717) is 16.0 Å². The first-order valence-corrected chi connectivity index (χ1v) is 5.74. The van der Waals surface area contributed by atoms with Crippen LogP contribution in [0.5, 0.6) is 0 Å². The van der Waals surface area contributed by atoms with E-state index in [1.54, 1.807) is 18.2 Å². The molecule has 0 saturated heterocycles. The zero-order chi connectivity index (χ0) is 11.5. The summed E-state index contributed by atoms with van der Waals surface area (Å²) in [6.07, 6.45) is 0.600. The van der Waals surface area contributed by atoms with Gasteiger partial charge in [0.25, 0.3) is 0 Å². The molecule has 0 aliphatic heterocycles. The predicted molar refractivity (Wildman–Crippen MR) is 63.9 cm³/mol. The first-order chi connectivity index (χ1) is 7.65. The SMILES string of the molecule is Fc1ccc(Cc2cc(Br)c(Cl)nn2)cc1. The lowest BCUT2D eigenvalue weighted by Crippen LogP contribution is -1.95.